The number of nitrogens with zero attached hydrogens (tertiary/aromatic N) is 4. The third-order valence-corrected chi connectivity index (χ3v) is 6.76. The zero-order valence-electron chi connectivity index (χ0n) is 21.1. The summed E-state index contributed by atoms with van der Waals surface area (Å²) < 4.78 is 2.04. The van der Waals surface area contributed by atoms with Crippen LogP contribution in [0.5, 0.6) is 0 Å². The van der Waals surface area contributed by atoms with Crippen molar-refractivity contribution in [2.45, 2.75) is 32.6 Å². The van der Waals surface area contributed by atoms with E-state index in [0.717, 1.165) is 51.1 Å². The highest BCUT2D eigenvalue weighted by Gasteiger charge is 2.25. The molecule has 0 unspecified atom stereocenters. The van der Waals surface area contributed by atoms with Crippen molar-refractivity contribution in [3.05, 3.63) is 108 Å². The van der Waals surface area contributed by atoms with Crippen LogP contribution >= 0.6 is 0 Å². The fourth-order valence-electron chi connectivity index (χ4n) is 4.68. The number of anilines is 2. The summed E-state index contributed by atoms with van der Waals surface area (Å²) >= 11 is 0. The van der Waals surface area contributed by atoms with Gasteiger partial charge in [-0.25, -0.2) is 4.98 Å². The largest absolute Gasteiger partial charge is 0.338 e. The second kappa shape index (κ2) is 8.82. The highest BCUT2D eigenvalue weighted by Crippen LogP contribution is 2.39. The molecule has 0 atom stereocenters. The molecule has 0 fully saturated rings. The van der Waals surface area contributed by atoms with E-state index < -0.39 is 0 Å². The van der Waals surface area contributed by atoms with Crippen LogP contribution in [0.15, 0.2) is 91.1 Å². The predicted octanol–water partition coefficient (Wildman–Crippen LogP) is 6.78. The van der Waals surface area contributed by atoms with Gasteiger partial charge in [-0.1, -0.05) is 81.4 Å². The Balaban J connectivity index is 1.31. The number of fused-ring (bicyclic) bond motifs is 5. The van der Waals surface area contributed by atoms with Crippen molar-refractivity contribution in [3.63, 3.8) is 0 Å². The SMILES string of the molecule is CC(C)(C)c1ccc(C(=O)Cc2ccc(-c3nnc4n3-c3cccnc3Nc3ccccc3-4)cc2)cc1. The molecule has 3 aromatic carbocycles. The first kappa shape index (κ1) is 22.9. The zero-order chi connectivity index (χ0) is 25.6. The number of rotatable bonds is 4. The van der Waals surface area contributed by atoms with Gasteiger partial charge in [0.1, 0.15) is 0 Å². The maximum atomic E-state index is 12.9. The van der Waals surface area contributed by atoms with Crippen molar-refractivity contribution < 1.29 is 4.79 Å². The van der Waals surface area contributed by atoms with Crippen LogP contribution in [-0.2, 0) is 11.8 Å². The summed E-state index contributed by atoms with van der Waals surface area (Å²) in [6.45, 7) is 6.51. The fraction of sp³-hybridized carbons (Fsp3) is 0.161. The first-order valence-corrected chi connectivity index (χ1v) is 12.4. The van der Waals surface area contributed by atoms with Crippen LogP contribution in [0.4, 0.5) is 11.5 Å². The highest BCUT2D eigenvalue weighted by molar-refractivity contribution is 5.97. The number of carbonyl (C=O) groups excluding carboxylic acids is 1. The normalized spacial score (nSPS) is 12.1. The molecule has 1 aliphatic rings. The summed E-state index contributed by atoms with van der Waals surface area (Å²) in [6, 6.07) is 27.9. The van der Waals surface area contributed by atoms with Gasteiger partial charge in [0.2, 0.25) is 0 Å². The summed E-state index contributed by atoms with van der Waals surface area (Å²) in [7, 11) is 0. The van der Waals surface area contributed by atoms with Crippen LogP contribution in [-0.4, -0.2) is 25.5 Å². The minimum Gasteiger partial charge on any atom is -0.338 e. The molecule has 0 saturated carbocycles. The first-order chi connectivity index (χ1) is 17.9. The molecule has 0 bridgehead atoms. The maximum Gasteiger partial charge on any atom is 0.171 e. The van der Waals surface area contributed by atoms with Gasteiger partial charge in [-0.15, -0.1) is 10.2 Å². The second-order valence-corrected chi connectivity index (χ2v) is 10.3. The average molecular weight is 486 g/mol. The topological polar surface area (TPSA) is 72.7 Å². The molecule has 6 nitrogen and oxygen atoms in total. The summed E-state index contributed by atoms with van der Waals surface area (Å²) in [5.74, 6) is 2.32. The Bertz CT molecular complexity index is 1610. The number of hydrogen-bond donors (Lipinski definition) is 1. The van der Waals surface area contributed by atoms with Crippen LogP contribution in [0.3, 0.4) is 0 Å². The molecule has 5 aromatic rings. The Labute approximate surface area is 216 Å². The second-order valence-electron chi connectivity index (χ2n) is 10.3. The molecule has 0 spiro atoms. The van der Waals surface area contributed by atoms with Crippen molar-refractivity contribution >= 4 is 17.3 Å². The lowest BCUT2D eigenvalue weighted by atomic mass is 9.86. The van der Waals surface area contributed by atoms with Crippen molar-refractivity contribution in [1.29, 1.82) is 0 Å². The number of hydrogen-bond acceptors (Lipinski definition) is 5. The standard InChI is InChI=1S/C31H27N5O/c1-31(2,3)23-16-14-21(15-17-23)27(37)19-20-10-12-22(13-11-20)29-34-35-30-24-7-4-5-8-25(24)33-28-26(36(29)30)9-6-18-32-28/h4-18H,19H2,1-3H3,(H,32,33). The molecule has 6 heteroatoms. The third kappa shape index (κ3) is 4.20. The number of para-hydroxylation sites is 1. The van der Waals surface area contributed by atoms with Crippen molar-refractivity contribution in [3.8, 4) is 28.5 Å². The Morgan fingerprint density at radius 3 is 2.32 bits per heavy atom. The Morgan fingerprint density at radius 2 is 1.57 bits per heavy atom. The van der Waals surface area contributed by atoms with Crippen LogP contribution in [0.2, 0.25) is 0 Å². The molecular weight excluding hydrogens is 458 g/mol. The van der Waals surface area contributed by atoms with E-state index in [9.17, 15) is 4.79 Å². The van der Waals surface area contributed by atoms with Gasteiger partial charge < -0.3 is 5.32 Å². The summed E-state index contributed by atoms with van der Waals surface area (Å²) in [5, 5.41) is 12.6. The van der Waals surface area contributed by atoms with Gasteiger partial charge in [0.15, 0.2) is 23.2 Å². The molecule has 1 aliphatic heterocycles. The molecule has 3 heterocycles. The molecule has 0 saturated heterocycles. The maximum absolute atomic E-state index is 12.9. The van der Waals surface area contributed by atoms with E-state index in [4.69, 9.17) is 0 Å². The number of ketones is 1. The summed E-state index contributed by atoms with van der Waals surface area (Å²) in [6.07, 6.45) is 2.11. The first-order valence-electron chi connectivity index (χ1n) is 12.4. The number of nitrogens with one attached hydrogen (secondary N) is 1. The summed E-state index contributed by atoms with van der Waals surface area (Å²) in [5.41, 5.74) is 6.66. The van der Waals surface area contributed by atoms with E-state index in [1.165, 1.54) is 5.56 Å². The Kier molecular flexibility index (Phi) is 5.45. The number of carbonyl (C=O) groups is 1. The van der Waals surface area contributed by atoms with Gasteiger partial charge in [0, 0.05) is 29.3 Å². The Morgan fingerprint density at radius 1 is 0.838 bits per heavy atom. The molecular formula is C31H27N5O. The molecule has 2 aromatic heterocycles. The molecule has 1 N–H and O–H groups in total. The van der Waals surface area contributed by atoms with Crippen molar-refractivity contribution in [1.82, 2.24) is 19.7 Å². The van der Waals surface area contributed by atoms with Crippen LogP contribution in [0.1, 0.15) is 42.3 Å². The monoisotopic (exact) mass is 485 g/mol. The van der Waals surface area contributed by atoms with Crippen molar-refractivity contribution in [2.24, 2.45) is 0 Å². The molecule has 0 amide bonds. The molecule has 182 valence electrons. The van der Waals surface area contributed by atoms with Crippen LogP contribution < -0.4 is 5.32 Å². The van der Waals surface area contributed by atoms with E-state index in [1.807, 2.05) is 89.5 Å². The lowest BCUT2D eigenvalue weighted by Crippen LogP contribution is -2.11. The Hall–Kier alpha value is -4.58. The molecule has 0 radical (unpaired) electrons. The minimum atomic E-state index is 0.0615. The molecule has 37 heavy (non-hydrogen) atoms. The van der Waals surface area contributed by atoms with Gasteiger partial charge in [-0.3, -0.25) is 9.36 Å². The summed E-state index contributed by atoms with van der Waals surface area (Å²) in [4.78, 5) is 17.5. The van der Waals surface area contributed by atoms with E-state index in [1.54, 1.807) is 6.20 Å². The lowest BCUT2D eigenvalue weighted by molar-refractivity contribution is 0.0993. The van der Waals surface area contributed by atoms with E-state index >= 15 is 0 Å². The van der Waals surface area contributed by atoms with Gasteiger partial charge >= 0.3 is 0 Å². The third-order valence-electron chi connectivity index (χ3n) is 6.76. The van der Waals surface area contributed by atoms with E-state index in [0.29, 0.717) is 6.42 Å². The van der Waals surface area contributed by atoms with Crippen LogP contribution in [0.25, 0.3) is 28.5 Å². The highest BCUT2D eigenvalue weighted by atomic mass is 16.1. The predicted molar refractivity (Wildman–Crippen MR) is 146 cm³/mol. The number of aromatic nitrogens is 4. The molecule has 6 rings (SSSR count). The van der Waals surface area contributed by atoms with E-state index in [-0.39, 0.29) is 11.2 Å². The van der Waals surface area contributed by atoms with Crippen molar-refractivity contribution in [2.75, 3.05) is 5.32 Å². The molecule has 0 aliphatic carbocycles. The van der Waals surface area contributed by atoms with Crippen LogP contribution in [0, 0.1) is 0 Å². The number of benzene rings is 3. The van der Waals surface area contributed by atoms with Gasteiger partial charge in [0.05, 0.1) is 11.4 Å². The van der Waals surface area contributed by atoms with E-state index in [2.05, 4.69) is 41.3 Å². The lowest BCUT2D eigenvalue weighted by Gasteiger charge is -2.19. The number of Topliss-reactive ketones (excluding diaryl/α,β-unsaturated/α-hetero) is 1. The fourth-order valence-corrected chi connectivity index (χ4v) is 4.68. The quantitative estimate of drug-likeness (QED) is 0.279. The van der Waals surface area contributed by atoms with Gasteiger partial charge in [-0.05, 0) is 40.8 Å². The zero-order valence-corrected chi connectivity index (χ0v) is 21.1. The average Bonchev–Trinajstić information content (AvgIpc) is 3.28. The number of pyridine rings is 1. The van der Waals surface area contributed by atoms with Gasteiger partial charge in [-0.2, -0.15) is 0 Å². The minimum absolute atomic E-state index is 0.0615. The van der Waals surface area contributed by atoms with Gasteiger partial charge in [0.25, 0.3) is 0 Å². The smallest absolute Gasteiger partial charge is 0.171 e.